The second kappa shape index (κ2) is 7.41. The lowest BCUT2D eigenvalue weighted by molar-refractivity contribution is 0.111. The van der Waals surface area contributed by atoms with E-state index >= 15 is 0 Å². The molecule has 3 nitrogen and oxygen atoms in total. The zero-order chi connectivity index (χ0) is 16.1. The highest BCUT2D eigenvalue weighted by molar-refractivity contribution is 5.73. The molecule has 3 unspecified atom stereocenters. The van der Waals surface area contributed by atoms with Crippen LogP contribution in [0.2, 0.25) is 0 Å². The summed E-state index contributed by atoms with van der Waals surface area (Å²) in [4.78, 5) is 14.1. The molecule has 0 radical (unpaired) electrons. The summed E-state index contributed by atoms with van der Waals surface area (Å²) >= 11 is 0. The van der Waals surface area contributed by atoms with Gasteiger partial charge in [0.25, 0.3) is 0 Å². The van der Waals surface area contributed by atoms with Crippen molar-refractivity contribution >= 4 is 6.29 Å². The highest BCUT2D eigenvalue weighted by Gasteiger charge is 2.55. The number of aromatic amines is 1. The van der Waals surface area contributed by atoms with Gasteiger partial charge in [0, 0.05) is 18.7 Å². The molecule has 1 fully saturated rings. The van der Waals surface area contributed by atoms with Crippen molar-refractivity contribution in [1.82, 2.24) is 4.98 Å². The van der Waals surface area contributed by atoms with E-state index in [9.17, 15) is 4.79 Å². The number of aliphatic hydroxyl groups is 1. The number of fused-ring (bicyclic) bond motifs is 3. The number of carbonyl (C=O) groups is 1. The van der Waals surface area contributed by atoms with Gasteiger partial charge in [0.1, 0.15) is 0 Å². The maximum absolute atomic E-state index is 10.8. The third kappa shape index (κ3) is 3.14. The predicted octanol–water partition coefficient (Wildman–Crippen LogP) is 3.79. The molecule has 3 atom stereocenters. The summed E-state index contributed by atoms with van der Waals surface area (Å²) in [5.41, 5.74) is 4.83. The smallest absolute Gasteiger partial charge is 0.166 e. The lowest BCUT2D eigenvalue weighted by Crippen LogP contribution is -1.93. The zero-order valence-corrected chi connectivity index (χ0v) is 13.4. The van der Waals surface area contributed by atoms with Gasteiger partial charge in [0.15, 0.2) is 6.29 Å². The normalized spacial score (nSPS) is 25.2. The molecule has 0 spiro atoms. The van der Waals surface area contributed by atoms with Crippen LogP contribution < -0.4 is 0 Å². The fourth-order valence-electron chi connectivity index (χ4n) is 3.72. The molecular formula is C19H25NO2. The van der Waals surface area contributed by atoms with Crippen molar-refractivity contribution in [2.75, 3.05) is 7.11 Å². The fourth-order valence-corrected chi connectivity index (χ4v) is 3.72. The minimum atomic E-state index is 0.681. The van der Waals surface area contributed by atoms with Crippen LogP contribution >= 0.6 is 0 Å². The molecule has 0 saturated heterocycles. The molecule has 1 aromatic rings. The number of hydrogen-bond donors (Lipinski definition) is 2. The van der Waals surface area contributed by atoms with Crippen molar-refractivity contribution < 1.29 is 9.90 Å². The van der Waals surface area contributed by atoms with E-state index in [1.807, 2.05) is 18.2 Å². The molecule has 0 aromatic carbocycles. The van der Waals surface area contributed by atoms with Crippen LogP contribution in [0.1, 0.15) is 47.4 Å². The van der Waals surface area contributed by atoms with E-state index in [1.165, 1.54) is 23.3 Å². The van der Waals surface area contributed by atoms with Crippen LogP contribution in [0, 0.1) is 11.8 Å². The minimum Gasteiger partial charge on any atom is -0.400 e. The van der Waals surface area contributed by atoms with E-state index < -0.39 is 0 Å². The number of carbonyl (C=O) groups excluding carboxylic acids is 1. The highest BCUT2D eigenvalue weighted by Crippen LogP contribution is 2.63. The van der Waals surface area contributed by atoms with Gasteiger partial charge < -0.3 is 10.1 Å². The third-order valence-corrected chi connectivity index (χ3v) is 4.79. The van der Waals surface area contributed by atoms with Crippen LogP contribution in [-0.4, -0.2) is 23.5 Å². The first kappa shape index (κ1) is 16.5. The van der Waals surface area contributed by atoms with E-state index in [1.54, 1.807) is 0 Å². The number of hydrogen-bond acceptors (Lipinski definition) is 2. The number of rotatable bonds is 6. The minimum absolute atomic E-state index is 0.681. The summed E-state index contributed by atoms with van der Waals surface area (Å²) in [6.45, 7) is 5.80. The van der Waals surface area contributed by atoms with Crippen molar-refractivity contribution in [3.63, 3.8) is 0 Å². The van der Waals surface area contributed by atoms with Gasteiger partial charge in [0.05, 0.1) is 5.69 Å². The van der Waals surface area contributed by atoms with Gasteiger partial charge >= 0.3 is 0 Å². The van der Waals surface area contributed by atoms with Gasteiger partial charge in [0.2, 0.25) is 0 Å². The van der Waals surface area contributed by atoms with Crippen LogP contribution in [0.15, 0.2) is 42.5 Å². The molecule has 3 heteroatoms. The maximum atomic E-state index is 10.8. The number of aromatic nitrogens is 1. The van der Waals surface area contributed by atoms with E-state index in [0.717, 1.165) is 43.8 Å². The average Bonchev–Trinajstić information content (AvgIpc) is 2.90. The molecule has 0 aliphatic heterocycles. The van der Waals surface area contributed by atoms with Crippen molar-refractivity contribution in [1.29, 1.82) is 0 Å². The van der Waals surface area contributed by atoms with E-state index in [2.05, 4.69) is 30.6 Å². The summed E-state index contributed by atoms with van der Waals surface area (Å²) in [7, 11) is 1.00. The average molecular weight is 299 g/mol. The van der Waals surface area contributed by atoms with Gasteiger partial charge in [-0.1, -0.05) is 36.5 Å². The first-order chi connectivity index (χ1) is 10.8. The topological polar surface area (TPSA) is 53.1 Å². The SMILES string of the molecule is C=C/C=C\C(=C/C)CCC1C2Cc3cc(C=O)[nH]c3C12.CO. The Labute approximate surface area is 132 Å². The molecule has 1 aromatic heterocycles. The third-order valence-electron chi connectivity index (χ3n) is 4.79. The van der Waals surface area contributed by atoms with Gasteiger partial charge in [-0.05, 0) is 49.7 Å². The molecule has 2 aliphatic rings. The highest BCUT2D eigenvalue weighted by atomic mass is 16.2. The summed E-state index contributed by atoms with van der Waals surface area (Å²) in [5.74, 6) is 2.30. The molecule has 2 N–H and O–H groups in total. The zero-order valence-electron chi connectivity index (χ0n) is 13.4. The van der Waals surface area contributed by atoms with Gasteiger partial charge in [-0.25, -0.2) is 0 Å². The molecule has 1 heterocycles. The molecule has 3 rings (SSSR count). The molecule has 22 heavy (non-hydrogen) atoms. The lowest BCUT2D eigenvalue weighted by Gasteiger charge is -2.04. The molecule has 0 amide bonds. The van der Waals surface area contributed by atoms with Crippen LogP contribution in [0.5, 0.6) is 0 Å². The number of aldehydes is 1. The summed E-state index contributed by atoms with van der Waals surface area (Å²) in [5, 5.41) is 7.00. The second-order valence-electron chi connectivity index (χ2n) is 5.84. The molecule has 0 bridgehead atoms. The van der Waals surface area contributed by atoms with Crippen molar-refractivity contribution in [2.24, 2.45) is 11.8 Å². The number of nitrogens with one attached hydrogen (secondary N) is 1. The van der Waals surface area contributed by atoms with Gasteiger partial charge in [-0.15, -0.1) is 0 Å². The Bertz CT molecular complexity index is 595. The monoisotopic (exact) mass is 299 g/mol. The fraction of sp³-hybridized carbons (Fsp3) is 0.421. The van der Waals surface area contributed by atoms with E-state index in [4.69, 9.17) is 5.11 Å². The Hall–Kier alpha value is -1.87. The first-order valence-corrected chi connectivity index (χ1v) is 7.84. The lowest BCUT2D eigenvalue weighted by atomic mass is 10.0. The first-order valence-electron chi connectivity index (χ1n) is 7.84. The summed E-state index contributed by atoms with van der Waals surface area (Å²) in [6.07, 6.45) is 12.6. The number of H-pyrrole nitrogens is 1. The van der Waals surface area contributed by atoms with E-state index in [0.29, 0.717) is 5.92 Å². The Morgan fingerprint density at radius 2 is 2.27 bits per heavy atom. The van der Waals surface area contributed by atoms with Crippen molar-refractivity contribution in [3.8, 4) is 0 Å². The largest absolute Gasteiger partial charge is 0.400 e. The Kier molecular flexibility index (Phi) is 5.56. The standard InChI is InChI=1S/C18H21NO.CH4O/c1-3-5-6-12(4-2)7-8-15-16-10-13-9-14(11-20)19-18(13)17(15)16;1-2/h3-6,9,11,15-17,19H,1,7-8,10H2,2H3;2H,1H3/b6-5-,12-4+;. The van der Waals surface area contributed by atoms with Crippen molar-refractivity contribution in [3.05, 3.63) is 59.5 Å². The molecule has 118 valence electrons. The maximum Gasteiger partial charge on any atom is 0.166 e. The van der Waals surface area contributed by atoms with E-state index in [-0.39, 0.29) is 0 Å². The van der Waals surface area contributed by atoms with Crippen LogP contribution in [-0.2, 0) is 6.42 Å². The van der Waals surface area contributed by atoms with Crippen LogP contribution in [0.25, 0.3) is 0 Å². The Balaban J connectivity index is 0.000000847. The Morgan fingerprint density at radius 3 is 2.91 bits per heavy atom. The second-order valence-corrected chi connectivity index (χ2v) is 5.84. The molecule has 1 saturated carbocycles. The predicted molar refractivity (Wildman–Crippen MR) is 90.1 cm³/mol. The Morgan fingerprint density at radius 1 is 1.50 bits per heavy atom. The van der Waals surface area contributed by atoms with Crippen molar-refractivity contribution in [2.45, 2.75) is 32.1 Å². The van der Waals surface area contributed by atoms with Gasteiger partial charge in [-0.2, -0.15) is 0 Å². The van der Waals surface area contributed by atoms with Crippen LogP contribution in [0.4, 0.5) is 0 Å². The molecular weight excluding hydrogens is 274 g/mol. The van der Waals surface area contributed by atoms with Crippen LogP contribution in [0.3, 0.4) is 0 Å². The summed E-state index contributed by atoms with van der Waals surface area (Å²) in [6, 6.07) is 2.02. The number of aliphatic hydroxyl groups excluding tert-OH is 1. The summed E-state index contributed by atoms with van der Waals surface area (Å²) < 4.78 is 0. The molecule has 2 aliphatic carbocycles. The quantitative estimate of drug-likeness (QED) is 0.620. The van der Waals surface area contributed by atoms with Gasteiger partial charge in [-0.3, -0.25) is 4.79 Å². The number of allylic oxidation sites excluding steroid dienone is 5.